The van der Waals surface area contributed by atoms with Crippen LogP contribution >= 0.6 is 11.8 Å². The van der Waals surface area contributed by atoms with E-state index in [4.69, 9.17) is 0 Å². The van der Waals surface area contributed by atoms with Crippen LogP contribution in [0.1, 0.15) is 12.2 Å². The van der Waals surface area contributed by atoms with E-state index in [2.05, 4.69) is 15.1 Å². The minimum absolute atomic E-state index is 0.127. The predicted molar refractivity (Wildman–Crippen MR) is 106 cm³/mol. The number of anilines is 1. The molecule has 0 aliphatic carbocycles. The Morgan fingerprint density at radius 3 is 2.57 bits per heavy atom. The van der Waals surface area contributed by atoms with Crippen molar-refractivity contribution in [2.45, 2.75) is 23.8 Å². The molecule has 0 radical (unpaired) electrons. The highest BCUT2D eigenvalue weighted by Crippen LogP contribution is 2.34. The highest BCUT2D eigenvalue weighted by Gasteiger charge is 2.40. The van der Waals surface area contributed by atoms with Crippen molar-refractivity contribution in [3.63, 3.8) is 0 Å². The molecule has 8 heteroatoms. The fourth-order valence-corrected chi connectivity index (χ4v) is 4.45. The molecule has 0 N–H and O–H groups in total. The molecule has 1 atom stereocenters. The summed E-state index contributed by atoms with van der Waals surface area (Å²) < 4.78 is 1.66. The van der Waals surface area contributed by atoms with Crippen LogP contribution in [0.3, 0.4) is 0 Å². The smallest absolute Gasteiger partial charge is 0.247 e. The van der Waals surface area contributed by atoms with E-state index >= 15 is 0 Å². The van der Waals surface area contributed by atoms with Gasteiger partial charge in [0.15, 0.2) is 10.8 Å². The number of aromatic nitrogens is 4. The van der Waals surface area contributed by atoms with Gasteiger partial charge in [0.2, 0.25) is 11.8 Å². The molecule has 28 heavy (non-hydrogen) atoms. The normalized spacial score (nSPS) is 17.2. The van der Waals surface area contributed by atoms with Crippen molar-refractivity contribution in [1.82, 2.24) is 19.6 Å². The van der Waals surface area contributed by atoms with Gasteiger partial charge in [-0.15, -0.1) is 5.10 Å². The Kier molecular flexibility index (Phi) is 3.87. The zero-order valence-corrected chi connectivity index (χ0v) is 15.8. The fourth-order valence-electron chi connectivity index (χ4n) is 3.38. The molecule has 1 unspecified atom stereocenters. The Morgan fingerprint density at radius 1 is 1.00 bits per heavy atom. The van der Waals surface area contributed by atoms with Crippen molar-refractivity contribution in [1.29, 1.82) is 0 Å². The Hall–Kier alpha value is -3.26. The van der Waals surface area contributed by atoms with E-state index in [1.54, 1.807) is 16.6 Å². The van der Waals surface area contributed by atoms with Gasteiger partial charge in [0.25, 0.3) is 0 Å². The van der Waals surface area contributed by atoms with E-state index in [1.807, 2.05) is 49.4 Å². The van der Waals surface area contributed by atoms with Crippen molar-refractivity contribution >= 4 is 45.8 Å². The van der Waals surface area contributed by atoms with Gasteiger partial charge in [-0.2, -0.15) is 4.52 Å². The lowest BCUT2D eigenvalue weighted by molar-refractivity contribution is -0.121. The fraction of sp³-hybridized carbons (Fsp3) is 0.150. The highest BCUT2D eigenvalue weighted by molar-refractivity contribution is 8.00. The van der Waals surface area contributed by atoms with Crippen molar-refractivity contribution in [3.05, 3.63) is 60.4 Å². The molecule has 1 aliphatic heterocycles. The lowest BCUT2D eigenvalue weighted by Crippen LogP contribution is -2.31. The highest BCUT2D eigenvalue weighted by atomic mass is 32.2. The largest absolute Gasteiger partial charge is 0.274 e. The second-order valence-electron chi connectivity index (χ2n) is 6.52. The zero-order chi connectivity index (χ0) is 19.3. The van der Waals surface area contributed by atoms with Gasteiger partial charge >= 0.3 is 0 Å². The van der Waals surface area contributed by atoms with Gasteiger partial charge < -0.3 is 0 Å². The van der Waals surface area contributed by atoms with Gasteiger partial charge in [-0.05, 0) is 31.2 Å². The first-order chi connectivity index (χ1) is 13.6. The van der Waals surface area contributed by atoms with E-state index in [1.165, 1.54) is 16.7 Å². The molecule has 2 aromatic carbocycles. The first-order valence-electron chi connectivity index (χ1n) is 8.82. The summed E-state index contributed by atoms with van der Waals surface area (Å²) in [6.45, 7) is 1.82. The van der Waals surface area contributed by atoms with E-state index in [9.17, 15) is 9.59 Å². The minimum atomic E-state index is -0.547. The third-order valence-corrected chi connectivity index (χ3v) is 5.75. The molecule has 0 bridgehead atoms. The summed E-state index contributed by atoms with van der Waals surface area (Å²) >= 11 is 1.26. The number of carbonyl (C=O) groups excluding carboxylic acids is 2. The maximum atomic E-state index is 12.9. The predicted octanol–water partition coefficient (Wildman–Crippen LogP) is 3.01. The second-order valence-corrected chi connectivity index (χ2v) is 7.69. The summed E-state index contributed by atoms with van der Waals surface area (Å²) in [6, 6.07) is 16.7. The number of nitrogens with zero attached hydrogens (tertiary/aromatic N) is 5. The molecule has 5 rings (SSSR count). The van der Waals surface area contributed by atoms with Crippen LogP contribution in [0.25, 0.3) is 16.6 Å². The number of carbonyl (C=O) groups is 2. The lowest BCUT2D eigenvalue weighted by Gasteiger charge is -2.14. The van der Waals surface area contributed by atoms with Crippen LogP contribution in [-0.2, 0) is 9.59 Å². The molecule has 0 saturated carbocycles. The molecule has 4 aromatic rings. The molecule has 1 fully saturated rings. The SMILES string of the molecule is Cc1nc2c3ccccc3nc(SC3CC(=O)N(c4ccccc4)C3=O)n2n1. The first-order valence-corrected chi connectivity index (χ1v) is 9.70. The van der Waals surface area contributed by atoms with Crippen molar-refractivity contribution in [3.8, 4) is 0 Å². The van der Waals surface area contributed by atoms with Gasteiger partial charge in [0.1, 0.15) is 11.1 Å². The van der Waals surface area contributed by atoms with Gasteiger partial charge in [-0.1, -0.05) is 42.1 Å². The van der Waals surface area contributed by atoms with Crippen LogP contribution in [0.15, 0.2) is 59.8 Å². The Morgan fingerprint density at radius 2 is 1.75 bits per heavy atom. The Balaban J connectivity index is 1.55. The number of hydrogen-bond donors (Lipinski definition) is 0. The maximum absolute atomic E-state index is 12.9. The molecule has 0 spiro atoms. The van der Waals surface area contributed by atoms with Crippen LogP contribution in [-0.4, -0.2) is 36.6 Å². The molecular formula is C20H15N5O2S. The average molecular weight is 389 g/mol. The quantitative estimate of drug-likeness (QED) is 0.396. The Bertz CT molecular complexity index is 1240. The molecule has 1 aliphatic rings. The lowest BCUT2D eigenvalue weighted by atomic mass is 10.2. The number of thioether (sulfide) groups is 1. The molecular weight excluding hydrogens is 374 g/mol. The maximum Gasteiger partial charge on any atom is 0.247 e. The Labute approximate surface area is 164 Å². The summed E-state index contributed by atoms with van der Waals surface area (Å²) in [7, 11) is 0. The van der Waals surface area contributed by atoms with E-state index < -0.39 is 5.25 Å². The van der Waals surface area contributed by atoms with E-state index in [0.29, 0.717) is 22.3 Å². The molecule has 138 valence electrons. The van der Waals surface area contributed by atoms with Crippen LogP contribution < -0.4 is 4.90 Å². The number of hydrogen-bond acceptors (Lipinski definition) is 6. The van der Waals surface area contributed by atoms with Crippen LogP contribution in [0, 0.1) is 6.92 Å². The molecule has 2 amide bonds. The number of imide groups is 1. The number of para-hydroxylation sites is 2. The standard InChI is InChI=1S/C20H15N5O2S/c1-12-21-18-14-9-5-6-10-15(14)22-20(25(18)23-12)28-16-11-17(26)24(19(16)27)13-7-3-2-4-8-13/h2-10,16H,11H2,1H3. The number of benzene rings is 2. The summed E-state index contributed by atoms with van der Waals surface area (Å²) in [6.07, 6.45) is 0.127. The minimum Gasteiger partial charge on any atom is -0.274 e. The summed E-state index contributed by atoms with van der Waals surface area (Å²) in [5.41, 5.74) is 2.07. The molecule has 3 heterocycles. The van der Waals surface area contributed by atoms with Gasteiger partial charge in [0, 0.05) is 11.8 Å². The third-order valence-electron chi connectivity index (χ3n) is 4.62. The number of aryl methyl sites for hydroxylation is 1. The topological polar surface area (TPSA) is 80.5 Å². The van der Waals surface area contributed by atoms with Crippen molar-refractivity contribution < 1.29 is 9.59 Å². The molecule has 1 saturated heterocycles. The van der Waals surface area contributed by atoms with Gasteiger partial charge in [-0.3, -0.25) is 9.59 Å². The van der Waals surface area contributed by atoms with Crippen molar-refractivity contribution in [2.24, 2.45) is 0 Å². The third kappa shape index (κ3) is 2.65. The summed E-state index contributed by atoms with van der Waals surface area (Å²) in [5, 5.41) is 5.34. The van der Waals surface area contributed by atoms with E-state index in [0.717, 1.165) is 10.9 Å². The van der Waals surface area contributed by atoms with Crippen LogP contribution in [0.2, 0.25) is 0 Å². The van der Waals surface area contributed by atoms with E-state index in [-0.39, 0.29) is 18.2 Å². The van der Waals surface area contributed by atoms with Crippen LogP contribution in [0.5, 0.6) is 0 Å². The van der Waals surface area contributed by atoms with Gasteiger partial charge in [-0.25, -0.2) is 14.9 Å². The second kappa shape index (κ2) is 6.42. The van der Waals surface area contributed by atoms with Crippen molar-refractivity contribution in [2.75, 3.05) is 4.90 Å². The number of fused-ring (bicyclic) bond motifs is 3. The molecule has 7 nitrogen and oxygen atoms in total. The molecule has 2 aromatic heterocycles. The monoisotopic (exact) mass is 389 g/mol. The number of amides is 2. The zero-order valence-electron chi connectivity index (χ0n) is 14.9. The number of rotatable bonds is 3. The van der Waals surface area contributed by atoms with Gasteiger partial charge in [0.05, 0.1) is 11.2 Å². The summed E-state index contributed by atoms with van der Waals surface area (Å²) in [5.74, 6) is 0.182. The average Bonchev–Trinajstić information content (AvgIpc) is 3.22. The first kappa shape index (κ1) is 16.9. The summed E-state index contributed by atoms with van der Waals surface area (Å²) in [4.78, 5) is 35.9. The van der Waals surface area contributed by atoms with Crippen LogP contribution in [0.4, 0.5) is 5.69 Å².